The van der Waals surface area contributed by atoms with Crippen molar-refractivity contribution >= 4 is 17.3 Å². The van der Waals surface area contributed by atoms with E-state index >= 15 is 0 Å². The minimum Gasteiger partial charge on any atom is -0.374 e. The monoisotopic (exact) mass is 300 g/mol. The van der Waals surface area contributed by atoms with Gasteiger partial charge in [0.25, 0.3) is 0 Å². The number of rotatable bonds is 3. The van der Waals surface area contributed by atoms with Crippen LogP contribution < -0.4 is 11.1 Å². The summed E-state index contributed by atoms with van der Waals surface area (Å²) in [6.07, 6.45) is 2.19. The second-order valence-electron chi connectivity index (χ2n) is 5.95. The van der Waals surface area contributed by atoms with Crippen molar-refractivity contribution in [1.29, 1.82) is 0 Å². The van der Waals surface area contributed by atoms with Gasteiger partial charge in [-0.15, -0.1) is 0 Å². The average molecular weight is 301 g/mol. The first-order valence-electron chi connectivity index (χ1n) is 7.48. The summed E-state index contributed by atoms with van der Waals surface area (Å²) in [5.74, 6) is 0.591. The van der Waals surface area contributed by atoms with E-state index in [0.29, 0.717) is 12.5 Å². The molecule has 0 spiro atoms. The summed E-state index contributed by atoms with van der Waals surface area (Å²) < 4.78 is 0. The van der Waals surface area contributed by atoms with Crippen molar-refractivity contribution in [3.63, 3.8) is 0 Å². The largest absolute Gasteiger partial charge is 0.374 e. The first-order valence-corrected chi connectivity index (χ1v) is 7.86. The van der Waals surface area contributed by atoms with Gasteiger partial charge in [-0.05, 0) is 54.2 Å². The van der Waals surface area contributed by atoms with Crippen molar-refractivity contribution in [2.75, 3.05) is 11.9 Å². The fourth-order valence-corrected chi connectivity index (χ4v) is 3.44. The highest BCUT2D eigenvalue weighted by Gasteiger charge is 2.37. The van der Waals surface area contributed by atoms with Crippen molar-refractivity contribution in [3.05, 3.63) is 64.7 Å². The summed E-state index contributed by atoms with van der Waals surface area (Å²) in [6.45, 7) is 2.88. The molecular formula is C18H21ClN2. The van der Waals surface area contributed by atoms with Crippen molar-refractivity contribution < 1.29 is 0 Å². The third-order valence-electron chi connectivity index (χ3n) is 4.59. The van der Waals surface area contributed by atoms with Crippen LogP contribution in [0.15, 0.2) is 48.5 Å². The van der Waals surface area contributed by atoms with E-state index in [0.717, 1.165) is 23.6 Å². The van der Waals surface area contributed by atoms with Crippen LogP contribution in [0.4, 0.5) is 5.69 Å². The Morgan fingerprint density at radius 1 is 1.19 bits per heavy atom. The van der Waals surface area contributed by atoms with Crippen LogP contribution in [0.1, 0.15) is 36.8 Å². The summed E-state index contributed by atoms with van der Waals surface area (Å²) >= 11 is 5.97. The van der Waals surface area contributed by atoms with Crippen LogP contribution in [-0.4, -0.2) is 6.54 Å². The van der Waals surface area contributed by atoms with Gasteiger partial charge in [-0.25, -0.2) is 0 Å². The number of hydrogen-bond donors (Lipinski definition) is 2. The summed E-state index contributed by atoms with van der Waals surface area (Å²) in [6, 6.07) is 16.5. The third-order valence-corrected chi connectivity index (χ3v) is 4.84. The lowest BCUT2D eigenvalue weighted by molar-refractivity contribution is 0.391. The van der Waals surface area contributed by atoms with E-state index in [-0.39, 0.29) is 5.54 Å². The van der Waals surface area contributed by atoms with Crippen molar-refractivity contribution in [1.82, 2.24) is 0 Å². The van der Waals surface area contributed by atoms with E-state index in [4.69, 9.17) is 17.3 Å². The zero-order valence-corrected chi connectivity index (χ0v) is 13.0. The zero-order valence-electron chi connectivity index (χ0n) is 12.3. The van der Waals surface area contributed by atoms with Crippen LogP contribution in [0.2, 0.25) is 5.02 Å². The van der Waals surface area contributed by atoms with Gasteiger partial charge in [0.2, 0.25) is 0 Å². The van der Waals surface area contributed by atoms with E-state index in [9.17, 15) is 0 Å². The van der Waals surface area contributed by atoms with Gasteiger partial charge in [0.05, 0.1) is 5.54 Å². The maximum atomic E-state index is 6.19. The Morgan fingerprint density at radius 3 is 2.62 bits per heavy atom. The van der Waals surface area contributed by atoms with Gasteiger partial charge in [0.1, 0.15) is 0 Å². The average Bonchev–Trinajstić information content (AvgIpc) is 2.53. The van der Waals surface area contributed by atoms with Crippen LogP contribution in [0.5, 0.6) is 0 Å². The van der Waals surface area contributed by atoms with Gasteiger partial charge in [0.15, 0.2) is 0 Å². The molecular weight excluding hydrogens is 280 g/mol. The van der Waals surface area contributed by atoms with Gasteiger partial charge in [0, 0.05) is 17.3 Å². The molecule has 1 aliphatic rings. The minimum atomic E-state index is -0.184. The molecule has 2 atom stereocenters. The molecule has 2 aromatic rings. The fourth-order valence-electron chi connectivity index (χ4n) is 3.32. The Hall–Kier alpha value is -1.51. The molecule has 0 aromatic heterocycles. The molecule has 3 N–H and O–H groups in total. The number of halogens is 1. The highest BCUT2D eigenvalue weighted by molar-refractivity contribution is 6.30. The topological polar surface area (TPSA) is 38.0 Å². The minimum absolute atomic E-state index is 0.184. The SMILES string of the molecule is CC1CCC(CN)(Nc2ccc(Cl)cc2)c2ccccc21. The van der Waals surface area contributed by atoms with Gasteiger partial charge >= 0.3 is 0 Å². The van der Waals surface area contributed by atoms with Crippen LogP contribution in [-0.2, 0) is 5.54 Å². The lowest BCUT2D eigenvalue weighted by Crippen LogP contribution is -2.45. The molecule has 0 fully saturated rings. The van der Waals surface area contributed by atoms with Gasteiger partial charge in [-0.1, -0.05) is 42.8 Å². The molecule has 1 aliphatic carbocycles. The molecule has 0 saturated heterocycles. The van der Waals surface area contributed by atoms with Crippen LogP contribution in [0.25, 0.3) is 0 Å². The van der Waals surface area contributed by atoms with Crippen LogP contribution in [0.3, 0.4) is 0 Å². The Bertz CT molecular complexity index is 623. The first kappa shape index (κ1) is 14.4. The van der Waals surface area contributed by atoms with E-state index in [1.165, 1.54) is 11.1 Å². The number of anilines is 1. The highest BCUT2D eigenvalue weighted by Crippen LogP contribution is 2.42. The lowest BCUT2D eigenvalue weighted by atomic mass is 9.72. The molecule has 3 heteroatoms. The predicted molar refractivity (Wildman–Crippen MR) is 89.9 cm³/mol. The summed E-state index contributed by atoms with van der Waals surface area (Å²) in [7, 11) is 0. The molecule has 0 bridgehead atoms. The van der Waals surface area contributed by atoms with Crippen LogP contribution in [0, 0.1) is 0 Å². The molecule has 0 amide bonds. The quantitative estimate of drug-likeness (QED) is 0.875. The first-order chi connectivity index (χ1) is 10.1. The van der Waals surface area contributed by atoms with E-state index in [2.05, 4.69) is 36.5 Å². The number of benzene rings is 2. The van der Waals surface area contributed by atoms with E-state index < -0.39 is 0 Å². The van der Waals surface area contributed by atoms with Crippen LogP contribution >= 0.6 is 11.6 Å². The predicted octanol–water partition coefficient (Wildman–Crippen LogP) is 4.50. The highest BCUT2D eigenvalue weighted by atomic mass is 35.5. The zero-order chi connectivity index (χ0) is 14.9. The van der Waals surface area contributed by atoms with Crippen molar-refractivity contribution in [3.8, 4) is 0 Å². The van der Waals surface area contributed by atoms with Crippen molar-refractivity contribution in [2.45, 2.75) is 31.2 Å². The second kappa shape index (κ2) is 5.70. The van der Waals surface area contributed by atoms with Gasteiger partial charge in [-0.2, -0.15) is 0 Å². The number of nitrogens with two attached hydrogens (primary N) is 1. The summed E-state index contributed by atoms with van der Waals surface area (Å²) in [5, 5.41) is 4.41. The Kier molecular flexibility index (Phi) is 3.92. The molecule has 0 aliphatic heterocycles. The molecule has 2 nitrogen and oxygen atoms in total. The molecule has 0 heterocycles. The third kappa shape index (κ3) is 2.66. The maximum Gasteiger partial charge on any atom is 0.0750 e. The molecule has 21 heavy (non-hydrogen) atoms. The smallest absolute Gasteiger partial charge is 0.0750 e. The number of nitrogens with one attached hydrogen (secondary N) is 1. The normalized spacial score (nSPS) is 24.4. The fraction of sp³-hybridized carbons (Fsp3) is 0.333. The van der Waals surface area contributed by atoms with Crippen molar-refractivity contribution in [2.24, 2.45) is 5.73 Å². The summed E-state index contributed by atoms with van der Waals surface area (Å²) in [5.41, 5.74) is 9.82. The number of fused-ring (bicyclic) bond motifs is 1. The molecule has 0 radical (unpaired) electrons. The Morgan fingerprint density at radius 2 is 1.90 bits per heavy atom. The molecule has 0 saturated carbocycles. The van der Waals surface area contributed by atoms with Gasteiger partial charge < -0.3 is 11.1 Å². The summed E-state index contributed by atoms with van der Waals surface area (Å²) in [4.78, 5) is 0. The Balaban J connectivity index is 2.01. The Labute approximate surface area is 131 Å². The number of hydrogen-bond acceptors (Lipinski definition) is 2. The molecule has 2 unspecified atom stereocenters. The molecule has 110 valence electrons. The molecule has 3 rings (SSSR count). The lowest BCUT2D eigenvalue weighted by Gasteiger charge is -2.42. The molecule has 2 aromatic carbocycles. The van der Waals surface area contributed by atoms with E-state index in [1.54, 1.807) is 0 Å². The second-order valence-corrected chi connectivity index (χ2v) is 6.38. The standard InChI is InChI=1S/C18H21ClN2/c1-13-10-11-18(12-20,17-5-3-2-4-16(13)17)21-15-8-6-14(19)7-9-15/h2-9,13,21H,10-12,20H2,1H3. The van der Waals surface area contributed by atoms with Gasteiger partial charge in [-0.3, -0.25) is 0 Å². The maximum absolute atomic E-state index is 6.19. The van der Waals surface area contributed by atoms with E-state index in [1.807, 2.05) is 24.3 Å².